The van der Waals surface area contributed by atoms with Gasteiger partial charge in [-0.2, -0.15) is 4.31 Å². The van der Waals surface area contributed by atoms with Crippen LogP contribution in [0.5, 0.6) is 5.75 Å². The van der Waals surface area contributed by atoms with Crippen LogP contribution in [-0.4, -0.2) is 69.4 Å². The van der Waals surface area contributed by atoms with Crippen LogP contribution in [-0.2, 0) is 21.3 Å². The Morgan fingerprint density at radius 1 is 1.26 bits per heavy atom. The first kappa shape index (κ1) is 16.7. The maximum absolute atomic E-state index is 12.0. The first-order valence-corrected chi connectivity index (χ1v) is 9.76. The molecule has 128 valence electrons. The van der Waals surface area contributed by atoms with Crippen molar-refractivity contribution in [3.63, 3.8) is 0 Å². The molecule has 2 heterocycles. The van der Waals surface area contributed by atoms with Gasteiger partial charge in [0.2, 0.25) is 10.0 Å². The monoisotopic (exact) mass is 340 g/mol. The highest BCUT2D eigenvalue weighted by Gasteiger charge is 2.40. The first-order chi connectivity index (χ1) is 11.0. The lowest BCUT2D eigenvalue weighted by Gasteiger charge is -2.45. The summed E-state index contributed by atoms with van der Waals surface area (Å²) in [6, 6.07) is 7.93. The lowest BCUT2D eigenvalue weighted by molar-refractivity contribution is -0.0768. The lowest BCUT2D eigenvalue weighted by atomic mass is 10.00. The van der Waals surface area contributed by atoms with Crippen LogP contribution < -0.4 is 4.74 Å². The predicted octanol–water partition coefficient (Wildman–Crippen LogP) is 0.930. The molecule has 1 aromatic carbocycles. The third kappa shape index (κ3) is 3.85. The van der Waals surface area contributed by atoms with Gasteiger partial charge >= 0.3 is 0 Å². The fraction of sp³-hybridized carbons (Fsp3) is 0.625. The highest BCUT2D eigenvalue weighted by atomic mass is 32.2. The van der Waals surface area contributed by atoms with Crippen LogP contribution in [0.3, 0.4) is 0 Å². The number of piperidine rings is 1. The van der Waals surface area contributed by atoms with Gasteiger partial charge < -0.3 is 9.47 Å². The number of methoxy groups -OCH3 is 1. The van der Waals surface area contributed by atoms with Crippen molar-refractivity contribution in [3.05, 3.63) is 29.8 Å². The summed E-state index contributed by atoms with van der Waals surface area (Å²) >= 11 is 0. The van der Waals surface area contributed by atoms with Gasteiger partial charge in [-0.15, -0.1) is 0 Å². The minimum absolute atomic E-state index is 0.0191. The van der Waals surface area contributed by atoms with Crippen LogP contribution in [0, 0.1) is 0 Å². The van der Waals surface area contributed by atoms with Gasteiger partial charge in [0, 0.05) is 26.2 Å². The third-order valence-electron chi connectivity index (χ3n) is 4.61. The van der Waals surface area contributed by atoms with E-state index in [1.807, 2.05) is 12.1 Å². The number of benzene rings is 1. The number of likely N-dealkylation sites (tertiary alicyclic amines) is 1. The number of morpholine rings is 1. The summed E-state index contributed by atoms with van der Waals surface area (Å²) in [5.41, 5.74) is 1.20. The maximum atomic E-state index is 12.0. The van der Waals surface area contributed by atoms with Crippen LogP contribution in [0.1, 0.15) is 12.0 Å². The minimum Gasteiger partial charge on any atom is -0.497 e. The van der Waals surface area contributed by atoms with Gasteiger partial charge in [0.25, 0.3) is 0 Å². The van der Waals surface area contributed by atoms with Gasteiger partial charge in [-0.1, -0.05) is 12.1 Å². The Balaban J connectivity index is 1.68. The fourth-order valence-corrected chi connectivity index (χ4v) is 4.55. The molecule has 0 unspecified atom stereocenters. The highest BCUT2D eigenvalue weighted by molar-refractivity contribution is 7.88. The molecule has 0 amide bonds. The van der Waals surface area contributed by atoms with E-state index in [1.54, 1.807) is 11.4 Å². The topological polar surface area (TPSA) is 59.1 Å². The molecule has 23 heavy (non-hydrogen) atoms. The van der Waals surface area contributed by atoms with E-state index in [2.05, 4.69) is 17.0 Å². The molecule has 1 aromatic rings. The number of ether oxygens (including phenoxy) is 2. The van der Waals surface area contributed by atoms with Crippen molar-refractivity contribution in [2.75, 3.05) is 39.6 Å². The van der Waals surface area contributed by atoms with Gasteiger partial charge in [0.1, 0.15) is 5.75 Å². The third-order valence-corrected chi connectivity index (χ3v) is 5.91. The van der Waals surface area contributed by atoms with Crippen molar-refractivity contribution in [2.24, 2.45) is 0 Å². The summed E-state index contributed by atoms with van der Waals surface area (Å²) in [6.07, 6.45) is 2.18. The molecule has 0 bridgehead atoms. The second-order valence-electron chi connectivity index (χ2n) is 6.22. The Morgan fingerprint density at radius 2 is 2.00 bits per heavy atom. The molecule has 0 saturated carbocycles. The Bertz CT molecular complexity index is 632. The van der Waals surface area contributed by atoms with E-state index in [4.69, 9.17) is 9.47 Å². The number of nitrogens with zero attached hydrogens (tertiary/aromatic N) is 2. The molecule has 0 radical (unpaired) electrons. The van der Waals surface area contributed by atoms with E-state index in [-0.39, 0.29) is 12.1 Å². The van der Waals surface area contributed by atoms with Crippen LogP contribution in [0.15, 0.2) is 24.3 Å². The molecular formula is C16H24N2O4S. The number of hydrogen-bond acceptors (Lipinski definition) is 5. The van der Waals surface area contributed by atoms with Gasteiger partial charge in [0.15, 0.2) is 0 Å². The molecule has 7 heteroatoms. The Morgan fingerprint density at radius 3 is 2.65 bits per heavy atom. The van der Waals surface area contributed by atoms with Crippen LogP contribution in [0.2, 0.25) is 0 Å². The number of sulfonamides is 1. The Hall–Kier alpha value is -1.15. The molecule has 2 fully saturated rings. The van der Waals surface area contributed by atoms with Crippen molar-refractivity contribution < 1.29 is 17.9 Å². The van der Waals surface area contributed by atoms with Crippen LogP contribution in [0.25, 0.3) is 0 Å². The molecule has 2 aliphatic rings. The summed E-state index contributed by atoms with van der Waals surface area (Å²) in [5, 5.41) is 0. The van der Waals surface area contributed by atoms with E-state index in [9.17, 15) is 8.42 Å². The molecule has 2 saturated heterocycles. The van der Waals surface area contributed by atoms with E-state index in [1.165, 1.54) is 11.8 Å². The number of fused-ring (bicyclic) bond motifs is 1. The zero-order valence-electron chi connectivity index (χ0n) is 13.6. The molecular weight excluding hydrogens is 316 g/mol. The zero-order valence-corrected chi connectivity index (χ0v) is 14.5. The van der Waals surface area contributed by atoms with E-state index in [0.717, 1.165) is 25.3 Å². The molecule has 0 spiro atoms. The number of hydrogen-bond donors (Lipinski definition) is 0. The van der Waals surface area contributed by atoms with Gasteiger partial charge in [-0.25, -0.2) is 8.42 Å². The van der Waals surface area contributed by atoms with Gasteiger partial charge in [0.05, 0.1) is 32.1 Å². The molecule has 0 N–H and O–H groups in total. The van der Waals surface area contributed by atoms with Crippen LogP contribution in [0.4, 0.5) is 0 Å². The lowest BCUT2D eigenvalue weighted by Crippen LogP contribution is -2.60. The van der Waals surface area contributed by atoms with Crippen molar-refractivity contribution in [1.82, 2.24) is 9.21 Å². The molecule has 2 aliphatic heterocycles. The summed E-state index contributed by atoms with van der Waals surface area (Å²) in [4.78, 5) is 2.30. The smallest absolute Gasteiger partial charge is 0.211 e. The Kier molecular flexibility index (Phi) is 4.91. The average molecular weight is 340 g/mol. The quantitative estimate of drug-likeness (QED) is 0.816. The zero-order chi connectivity index (χ0) is 16.4. The second-order valence-corrected chi connectivity index (χ2v) is 8.16. The van der Waals surface area contributed by atoms with Crippen molar-refractivity contribution in [1.29, 1.82) is 0 Å². The predicted molar refractivity (Wildman–Crippen MR) is 88.0 cm³/mol. The Labute approximate surface area is 138 Å². The van der Waals surface area contributed by atoms with E-state index in [0.29, 0.717) is 19.7 Å². The molecule has 0 aromatic heterocycles. The normalized spacial score (nSPS) is 26.7. The van der Waals surface area contributed by atoms with Gasteiger partial charge in [-0.3, -0.25) is 4.90 Å². The SMILES string of the molecule is COc1ccc(CN2CC[C@@H]3OCCN(S(C)(=O)=O)[C@H]3C2)cc1. The molecule has 6 nitrogen and oxygen atoms in total. The summed E-state index contributed by atoms with van der Waals surface area (Å²) in [6.45, 7) is 3.39. The fourth-order valence-electron chi connectivity index (χ4n) is 3.45. The van der Waals surface area contributed by atoms with Crippen molar-refractivity contribution in [2.45, 2.75) is 25.1 Å². The highest BCUT2D eigenvalue weighted by Crippen LogP contribution is 2.26. The maximum Gasteiger partial charge on any atom is 0.211 e. The summed E-state index contributed by atoms with van der Waals surface area (Å²) in [7, 11) is -1.54. The second kappa shape index (κ2) is 6.76. The largest absolute Gasteiger partial charge is 0.497 e. The number of rotatable bonds is 4. The van der Waals surface area contributed by atoms with Crippen LogP contribution >= 0.6 is 0 Å². The average Bonchev–Trinajstić information content (AvgIpc) is 2.54. The molecule has 2 atom stereocenters. The minimum atomic E-state index is -3.19. The van der Waals surface area contributed by atoms with E-state index < -0.39 is 10.0 Å². The standard InChI is InChI=1S/C16H24N2O4S/c1-21-14-5-3-13(4-6-14)11-17-8-7-16-15(12-17)18(9-10-22-16)23(2,19)20/h3-6,15-16H,7-12H2,1-2H3/t15-,16-/m0/s1. The van der Waals surface area contributed by atoms with Crippen molar-refractivity contribution in [3.8, 4) is 5.75 Å². The summed E-state index contributed by atoms with van der Waals surface area (Å²) < 4.78 is 36.6. The summed E-state index contributed by atoms with van der Waals surface area (Å²) in [5.74, 6) is 0.844. The molecule has 0 aliphatic carbocycles. The van der Waals surface area contributed by atoms with Gasteiger partial charge in [-0.05, 0) is 24.1 Å². The first-order valence-electron chi connectivity index (χ1n) is 7.91. The molecule has 3 rings (SSSR count). The van der Waals surface area contributed by atoms with E-state index >= 15 is 0 Å². The van der Waals surface area contributed by atoms with Crippen molar-refractivity contribution >= 4 is 10.0 Å².